The molecule has 0 aliphatic heterocycles. The van der Waals surface area contributed by atoms with Gasteiger partial charge < -0.3 is 10.4 Å². The Balaban J connectivity index is 2.78. The predicted octanol–water partition coefficient (Wildman–Crippen LogP) is 3.20. The van der Waals surface area contributed by atoms with Gasteiger partial charge in [0.1, 0.15) is 0 Å². The summed E-state index contributed by atoms with van der Waals surface area (Å²) in [7, 11) is 0. The van der Waals surface area contributed by atoms with E-state index in [0.717, 1.165) is 16.8 Å². The second-order valence-corrected chi connectivity index (χ2v) is 7.58. The maximum Gasteiger partial charge on any atom is 0.234 e. The number of hydrogen-bond donors (Lipinski definition) is 2. The number of rotatable bonds is 4. The van der Waals surface area contributed by atoms with Crippen molar-refractivity contribution in [2.45, 2.75) is 38.9 Å². The van der Waals surface area contributed by atoms with E-state index < -0.39 is 0 Å². The van der Waals surface area contributed by atoms with Crippen LogP contribution in [0.4, 0.5) is 5.69 Å². The molecule has 1 amide bonds. The fourth-order valence-corrected chi connectivity index (χ4v) is 2.19. The fraction of sp³-hybridized carbons (Fsp3) is 0.471. The Kier molecular flexibility index (Phi) is 6.80. The molecule has 0 saturated heterocycles. The number of carbonyl (C=O) groups excluding carboxylic acids is 1. The summed E-state index contributed by atoms with van der Waals surface area (Å²) < 4.78 is 0.0639. The van der Waals surface area contributed by atoms with Crippen molar-refractivity contribution in [1.29, 1.82) is 0 Å². The molecule has 0 saturated carbocycles. The van der Waals surface area contributed by atoms with Crippen molar-refractivity contribution >= 4 is 23.4 Å². The van der Waals surface area contributed by atoms with Gasteiger partial charge in [-0.25, -0.2) is 0 Å². The molecule has 0 fully saturated rings. The zero-order chi connectivity index (χ0) is 15.9. The molecule has 3 nitrogen and oxygen atoms in total. The van der Waals surface area contributed by atoms with Gasteiger partial charge in [-0.1, -0.05) is 38.7 Å². The number of aliphatic hydroxyl groups is 1. The molecule has 1 rings (SSSR count). The minimum Gasteiger partial charge on any atom is -0.395 e. The van der Waals surface area contributed by atoms with Gasteiger partial charge in [0, 0.05) is 16.7 Å². The number of aryl methyl sites for hydroxylation is 1. The summed E-state index contributed by atoms with van der Waals surface area (Å²) in [5.41, 5.74) is 2.61. The molecule has 0 radical (unpaired) electrons. The van der Waals surface area contributed by atoms with Crippen molar-refractivity contribution in [3.63, 3.8) is 0 Å². The Morgan fingerprint density at radius 3 is 2.71 bits per heavy atom. The Hall–Kier alpha value is -1.44. The van der Waals surface area contributed by atoms with Crippen LogP contribution >= 0.6 is 11.8 Å². The smallest absolute Gasteiger partial charge is 0.234 e. The number of anilines is 1. The van der Waals surface area contributed by atoms with Gasteiger partial charge in [0.15, 0.2) is 0 Å². The molecule has 0 atom stereocenters. The van der Waals surface area contributed by atoms with Gasteiger partial charge >= 0.3 is 0 Å². The Morgan fingerprint density at radius 2 is 2.10 bits per heavy atom. The predicted molar refractivity (Wildman–Crippen MR) is 90.6 cm³/mol. The van der Waals surface area contributed by atoms with Gasteiger partial charge in [0.2, 0.25) is 5.91 Å². The Labute approximate surface area is 131 Å². The summed E-state index contributed by atoms with van der Waals surface area (Å²) in [6.45, 7) is 8.29. The lowest BCUT2D eigenvalue weighted by atomic mass is 10.1. The average Bonchev–Trinajstić information content (AvgIpc) is 2.39. The summed E-state index contributed by atoms with van der Waals surface area (Å²) in [5.74, 6) is 6.29. The fourth-order valence-electron chi connectivity index (χ4n) is 1.55. The van der Waals surface area contributed by atoms with Gasteiger partial charge in [0.25, 0.3) is 0 Å². The third kappa shape index (κ3) is 7.22. The zero-order valence-electron chi connectivity index (χ0n) is 13.1. The largest absolute Gasteiger partial charge is 0.395 e. The summed E-state index contributed by atoms with van der Waals surface area (Å²) in [6, 6.07) is 5.76. The second-order valence-electron chi connectivity index (χ2n) is 5.77. The molecule has 0 heterocycles. The van der Waals surface area contributed by atoms with Crippen LogP contribution in [0.2, 0.25) is 0 Å². The molecule has 0 aliphatic carbocycles. The monoisotopic (exact) mass is 305 g/mol. The van der Waals surface area contributed by atoms with Crippen LogP contribution in [0.3, 0.4) is 0 Å². The average molecular weight is 305 g/mol. The minimum atomic E-state index is -0.0241. The quantitative estimate of drug-likeness (QED) is 0.840. The Bertz CT molecular complexity index is 550. The number of hydrogen-bond acceptors (Lipinski definition) is 3. The number of benzene rings is 1. The van der Waals surface area contributed by atoms with Gasteiger partial charge in [-0.2, -0.15) is 0 Å². The van der Waals surface area contributed by atoms with Gasteiger partial charge in [-0.3, -0.25) is 4.79 Å². The van der Waals surface area contributed by atoms with E-state index in [2.05, 4.69) is 37.9 Å². The first kappa shape index (κ1) is 17.6. The SMILES string of the molecule is Cc1ccc(NC(=O)CSC(C)(C)C)c(C#CCCO)c1. The molecule has 0 spiro atoms. The lowest BCUT2D eigenvalue weighted by molar-refractivity contribution is -0.113. The number of thioether (sulfide) groups is 1. The van der Waals surface area contributed by atoms with Crippen LogP contribution in [0.15, 0.2) is 18.2 Å². The summed E-state index contributed by atoms with van der Waals surface area (Å²) in [4.78, 5) is 12.0. The lowest BCUT2D eigenvalue weighted by Crippen LogP contribution is -2.19. The highest BCUT2D eigenvalue weighted by atomic mass is 32.2. The Morgan fingerprint density at radius 1 is 1.38 bits per heavy atom. The molecule has 4 heteroatoms. The lowest BCUT2D eigenvalue weighted by Gasteiger charge is -2.17. The topological polar surface area (TPSA) is 49.3 Å². The first-order valence-electron chi connectivity index (χ1n) is 6.96. The van der Waals surface area contributed by atoms with Crippen molar-refractivity contribution in [2.24, 2.45) is 0 Å². The van der Waals surface area contributed by atoms with Crippen LogP contribution in [0, 0.1) is 18.8 Å². The van der Waals surface area contributed by atoms with Crippen LogP contribution in [0.5, 0.6) is 0 Å². The third-order valence-electron chi connectivity index (χ3n) is 2.55. The highest BCUT2D eigenvalue weighted by molar-refractivity contribution is 8.01. The van der Waals surface area contributed by atoms with Gasteiger partial charge in [-0.05, 0) is 24.6 Å². The number of carbonyl (C=O) groups is 1. The van der Waals surface area contributed by atoms with Gasteiger partial charge in [0.05, 0.1) is 18.0 Å². The van der Waals surface area contributed by atoms with E-state index in [1.54, 1.807) is 11.8 Å². The first-order chi connectivity index (χ1) is 9.81. The molecule has 0 aromatic heterocycles. The van der Waals surface area contributed by atoms with E-state index in [9.17, 15) is 4.79 Å². The van der Waals surface area contributed by atoms with Crippen molar-refractivity contribution in [3.05, 3.63) is 29.3 Å². The van der Waals surface area contributed by atoms with E-state index in [-0.39, 0.29) is 17.3 Å². The first-order valence-corrected chi connectivity index (χ1v) is 7.94. The number of amides is 1. The van der Waals surface area contributed by atoms with Crippen molar-refractivity contribution < 1.29 is 9.90 Å². The van der Waals surface area contributed by atoms with Gasteiger partial charge in [-0.15, -0.1) is 11.8 Å². The maximum atomic E-state index is 12.0. The van der Waals surface area contributed by atoms with Crippen LogP contribution < -0.4 is 5.32 Å². The summed E-state index contributed by atoms with van der Waals surface area (Å²) >= 11 is 1.61. The van der Waals surface area contributed by atoms with E-state index in [4.69, 9.17) is 5.11 Å². The normalized spacial score (nSPS) is 10.7. The van der Waals surface area contributed by atoms with Crippen molar-refractivity contribution in [2.75, 3.05) is 17.7 Å². The molecular formula is C17H23NO2S. The maximum absolute atomic E-state index is 12.0. The van der Waals surface area contributed by atoms with Crippen molar-refractivity contribution in [3.8, 4) is 11.8 Å². The summed E-state index contributed by atoms with van der Waals surface area (Å²) in [5, 5.41) is 11.7. The molecular weight excluding hydrogens is 282 g/mol. The van der Waals surface area contributed by atoms with E-state index in [1.807, 2.05) is 25.1 Å². The van der Waals surface area contributed by atoms with Crippen LogP contribution in [-0.4, -0.2) is 28.1 Å². The molecule has 114 valence electrons. The molecule has 2 N–H and O–H groups in total. The highest BCUT2D eigenvalue weighted by Gasteiger charge is 2.14. The minimum absolute atomic E-state index is 0.0241. The molecule has 0 unspecified atom stereocenters. The molecule has 21 heavy (non-hydrogen) atoms. The third-order valence-corrected chi connectivity index (χ3v) is 3.82. The zero-order valence-corrected chi connectivity index (χ0v) is 13.9. The highest BCUT2D eigenvalue weighted by Crippen LogP contribution is 2.23. The van der Waals surface area contributed by atoms with Crippen molar-refractivity contribution in [1.82, 2.24) is 0 Å². The van der Waals surface area contributed by atoms with Crippen LogP contribution in [0.25, 0.3) is 0 Å². The standard InChI is InChI=1S/C17H23NO2S/c1-13-8-9-15(14(11-13)7-5-6-10-19)18-16(20)12-21-17(2,3)4/h8-9,11,19H,6,10,12H2,1-4H3,(H,18,20). The van der Waals surface area contributed by atoms with E-state index in [0.29, 0.717) is 12.2 Å². The summed E-state index contributed by atoms with van der Waals surface area (Å²) in [6.07, 6.45) is 0.432. The molecule has 0 aliphatic rings. The molecule has 1 aromatic carbocycles. The molecule has 0 bridgehead atoms. The van der Waals surface area contributed by atoms with Crippen LogP contribution in [-0.2, 0) is 4.79 Å². The number of aliphatic hydroxyl groups excluding tert-OH is 1. The van der Waals surface area contributed by atoms with E-state index >= 15 is 0 Å². The second kappa shape index (κ2) is 8.11. The van der Waals surface area contributed by atoms with Crippen LogP contribution in [0.1, 0.15) is 38.3 Å². The van der Waals surface area contributed by atoms with E-state index in [1.165, 1.54) is 0 Å². The molecule has 1 aromatic rings. The number of nitrogens with one attached hydrogen (secondary N) is 1.